The monoisotopic (exact) mass is 573 g/mol. The molecular weight excluding hydrogens is 538 g/mol. The predicted octanol–water partition coefficient (Wildman–Crippen LogP) is 6.36. The van der Waals surface area contributed by atoms with Gasteiger partial charge in [-0.3, -0.25) is 19.3 Å². The maximum Gasteiger partial charge on any atom is 0.302 e. The van der Waals surface area contributed by atoms with Crippen molar-refractivity contribution >= 4 is 35.1 Å². The van der Waals surface area contributed by atoms with Crippen LogP contribution in [0.25, 0.3) is 0 Å². The van der Waals surface area contributed by atoms with E-state index in [1.54, 1.807) is 31.4 Å². The van der Waals surface area contributed by atoms with E-state index in [0.29, 0.717) is 28.5 Å². The zero-order valence-corrected chi connectivity index (χ0v) is 24.5. The van der Waals surface area contributed by atoms with Gasteiger partial charge in [0.1, 0.15) is 5.75 Å². The summed E-state index contributed by atoms with van der Waals surface area (Å²) in [5.41, 5.74) is 4.63. The second-order valence-corrected chi connectivity index (χ2v) is 13.4. The minimum atomic E-state index is -0.542. The van der Waals surface area contributed by atoms with Crippen molar-refractivity contribution < 1.29 is 23.9 Å². The van der Waals surface area contributed by atoms with E-state index in [1.165, 1.54) is 28.5 Å². The Balaban J connectivity index is 1.27. The molecule has 6 nitrogen and oxygen atoms in total. The van der Waals surface area contributed by atoms with Gasteiger partial charge in [0.25, 0.3) is 0 Å². The number of hydrogen-bond acceptors (Lipinski definition) is 5. The number of hydrogen-bond donors (Lipinski definition) is 0. The maximum atomic E-state index is 14.3. The molecule has 4 unspecified atom stereocenters. The number of aryl methyl sites for hydroxylation is 1. The Hall–Kier alpha value is -3.12. The fraction of sp³-hybridized carbons (Fsp3) is 0.500. The molecule has 4 aliphatic carbocycles. The van der Waals surface area contributed by atoms with E-state index in [4.69, 9.17) is 21.1 Å². The van der Waals surface area contributed by atoms with Crippen molar-refractivity contribution in [2.45, 2.75) is 51.9 Å². The van der Waals surface area contributed by atoms with Gasteiger partial charge in [0.2, 0.25) is 11.8 Å². The van der Waals surface area contributed by atoms with E-state index in [0.717, 1.165) is 37.9 Å². The Morgan fingerprint density at radius 1 is 1.07 bits per heavy atom. The number of ether oxygens (including phenoxy) is 2. The van der Waals surface area contributed by atoms with Gasteiger partial charge in [0.15, 0.2) is 0 Å². The minimum Gasteiger partial charge on any atom is -0.497 e. The highest BCUT2D eigenvalue weighted by molar-refractivity contribution is 6.30. The third kappa shape index (κ3) is 4.00. The van der Waals surface area contributed by atoms with Crippen molar-refractivity contribution in [1.82, 2.24) is 0 Å². The lowest BCUT2D eigenvalue weighted by Crippen LogP contribution is -2.47. The summed E-state index contributed by atoms with van der Waals surface area (Å²) in [6.07, 6.45) is 7.42. The molecule has 3 fully saturated rings. The third-order valence-electron chi connectivity index (χ3n) is 11.1. The lowest BCUT2D eigenvalue weighted by Gasteiger charge is -2.52. The fourth-order valence-electron chi connectivity index (χ4n) is 9.52. The molecular formula is C34H36ClNO5. The van der Waals surface area contributed by atoms with Gasteiger partial charge in [0, 0.05) is 17.9 Å². The van der Waals surface area contributed by atoms with Gasteiger partial charge in [-0.1, -0.05) is 36.2 Å². The average molecular weight is 574 g/mol. The quantitative estimate of drug-likeness (QED) is 0.242. The molecule has 2 amide bonds. The Morgan fingerprint density at radius 2 is 1.83 bits per heavy atom. The van der Waals surface area contributed by atoms with Crippen LogP contribution in [0.1, 0.15) is 56.6 Å². The Morgan fingerprint density at radius 3 is 2.56 bits per heavy atom. The first-order valence-corrected chi connectivity index (χ1v) is 15.2. The van der Waals surface area contributed by atoms with E-state index >= 15 is 0 Å². The molecule has 0 spiro atoms. The molecule has 0 aromatic heterocycles. The summed E-state index contributed by atoms with van der Waals surface area (Å²) < 4.78 is 11.0. The second-order valence-electron chi connectivity index (χ2n) is 13.0. The smallest absolute Gasteiger partial charge is 0.302 e. The number of amides is 2. The molecule has 214 valence electrons. The van der Waals surface area contributed by atoms with Gasteiger partial charge >= 0.3 is 5.97 Å². The summed E-state index contributed by atoms with van der Waals surface area (Å²) in [6.45, 7) is 3.89. The summed E-state index contributed by atoms with van der Waals surface area (Å²) >= 11 is 6.13. The number of carbonyl (C=O) groups excluding carboxylic acids is 3. The number of carbonyl (C=O) groups is 3. The van der Waals surface area contributed by atoms with Crippen LogP contribution in [0.2, 0.25) is 5.02 Å². The van der Waals surface area contributed by atoms with Crippen molar-refractivity contribution in [2.24, 2.45) is 40.9 Å². The van der Waals surface area contributed by atoms with Gasteiger partial charge < -0.3 is 9.47 Å². The van der Waals surface area contributed by atoms with Crippen LogP contribution in [0.3, 0.4) is 0 Å². The topological polar surface area (TPSA) is 72.9 Å². The van der Waals surface area contributed by atoms with Crippen molar-refractivity contribution in [3.8, 4) is 5.75 Å². The molecule has 1 heterocycles. The first kappa shape index (κ1) is 26.8. The predicted molar refractivity (Wildman–Crippen MR) is 156 cm³/mol. The molecule has 0 bridgehead atoms. The molecule has 2 aromatic carbocycles. The molecule has 8 atom stereocenters. The van der Waals surface area contributed by atoms with Crippen LogP contribution < -0.4 is 9.64 Å². The van der Waals surface area contributed by atoms with Crippen LogP contribution in [0.5, 0.6) is 5.75 Å². The van der Waals surface area contributed by atoms with Crippen LogP contribution in [0.4, 0.5) is 5.69 Å². The fourth-order valence-corrected chi connectivity index (χ4v) is 9.65. The van der Waals surface area contributed by atoms with Gasteiger partial charge in [-0.25, -0.2) is 0 Å². The van der Waals surface area contributed by atoms with Crippen LogP contribution in [0.15, 0.2) is 54.1 Å². The Bertz CT molecular complexity index is 1470. The largest absolute Gasteiger partial charge is 0.497 e. The molecule has 1 saturated heterocycles. The molecule has 1 aliphatic heterocycles. The van der Waals surface area contributed by atoms with E-state index in [2.05, 4.69) is 31.2 Å². The van der Waals surface area contributed by atoms with Crippen LogP contribution in [-0.2, 0) is 25.5 Å². The number of imide groups is 1. The molecule has 7 rings (SSSR count). The number of nitrogens with zero attached hydrogens (tertiary/aromatic N) is 1. The second kappa shape index (κ2) is 9.72. The molecule has 41 heavy (non-hydrogen) atoms. The molecule has 0 N–H and O–H groups in total. The van der Waals surface area contributed by atoms with Crippen LogP contribution in [0, 0.1) is 40.9 Å². The van der Waals surface area contributed by atoms with Gasteiger partial charge in [-0.05, 0) is 109 Å². The summed E-state index contributed by atoms with van der Waals surface area (Å²) in [4.78, 5) is 41.5. The van der Waals surface area contributed by atoms with E-state index in [1.807, 2.05) is 0 Å². The van der Waals surface area contributed by atoms with Gasteiger partial charge in [-0.2, -0.15) is 0 Å². The van der Waals surface area contributed by atoms with E-state index in [9.17, 15) is 14.4 Å². The first-order chi connectivity index (χ1) is 19.7. The number of halogens is 1. The summed E-state index contributed by atoms with van der Waals surface area (Å²) in [7, 11) is 1.72. The zero-order valence-electron chi connectivity index (χ0n) is 23.8. The van der Waals surface area contributed by atoms with E-state index < -0.39 is 11.8 Å². The summed E-state index contributed by atoms with van der Waals surface area (Å²) in [5.74, 6) is 0.389. The SMILES string of the molecule is COc1ccc2c(c1)CC[C@@H]1[C@@H]2CC[C@]2(C)C3C(=CC(COC(C)=O)C4C(=O)N(c5ccc(Cl)cc5)C(=O)C43)C[C@@H]12. The van der Waals surface area contributed by atoms with E-state index in [-0.39, 0.29) is 41.6 Å². The number of allylic oxidation sites excluding steroid dienone is 1. The number of anilines is 1. The number of methoxy groups -OCH3 is 1. The van der Waals surface area contributed by atoms with Crippen molar-refractivity contribution in [3.63, 3.8) is 0 Å². The van der Waals surface area contributed by atoms with Crippen LogP contribution >= 0.6 is 11.6 Å². The lowest BCUT2D eigenvalue weighted by atomic mass is 9.51. The minimum absolute atomic E-state index is 0.0121. The highest BCUT2D eigenvalue weighted by atomic mass is 35.5. The number of esters is 1. The summed E-state index contributed by atoms with van der Waals surface area (Å²) in [5, 5.41) is 0.553. The van der Waals surface area contributed by atoms with Crippen molar-refractivity contribution in [3.05, 3.63) is 70.3 Å². The number of fused-ring (bicyclic) bond motifs is 9. The number of rotatable bonds is 4. The third-order valence-corrected chi connectivity index (χ3v) is 11.4. The molecule has 0 radical (unpaired) electrons. The van der Waals surface area contributed by atoms with Crippen LogP contribution in [-0.4, -0.2) is 31.5 Å². The Labute approximate surface area is 246 Å². The van der Waals surface area contributed by atoms with Gasteiger partial charge in [-0.15, -0.1) is 0 Å². The van der Waals surface area contributed by atoms with Gasteiger partial charge in [0.05, 0.1) is 31.2 Å². The maximum absolute atomic E-state index is 14.3. The highest BCUT2D eigenvalue weighted by Gasteiger charge is 2.66. The lowest BCUT2D eigenvalue weighted by molar-refractivity contribution is -0.144. The standard InChI is InChI=1S/C34H36ClNO5/c1-18(37)41-17-21-14-20-16-28-27-10-4-19-15-24(40-3)9-11-25(19)26(27)12-13-34(28,2)31(20)30-29(21)32(38)36(33(30)39)23-7-5-22(35)6-8-23/h5-9,11,14-15,21,26-31H,4,10,12-13,16-17H2,1-3H3/t21?,26-,27-,28+,29?,30?,31?,34+/m1/s1. The van der Waals surface area contributed by atoms with Crippen molar-refractivity contribution in [2.75, 3.05) is 18.6 Å². The molecule has 2 saturated carbocycles. The summed E-state index contributed by atoms with van der Waals surface area (Å²) in [6, 6.07) is 13.5. The average Bonchev–Trinajstić information content (AvgIpc) is 3.41. The van der Waals surface area contributed by atoms with Crippen molar-refractivity contribution in [1.29, 1.82) is 0 Å². The highest BCUT2D eigenvalue weighted by Crippen LogP contribution is 2.68. The molecule has 2 aromatic rings. The normalized spacial score (nSPS) is 35.1. The first-order valence-electron chi connectivity index (χ1n) is 14.9. The zero-order chi connectivity index (χ0) is 28.6. The Kier molecular flexibility index (Phi) is 6.35. The number of benzene rings is 2. The molecule has 7 heteroatoms. The molecule has 5 aliphatic rings.